The molecule has 9 nitrogen and oxygen atoms in total. The first-order valence-electron chi connectivity index (χ1n) is 6.46. The summed E-state index contributed by atoms with van der Waals surface area (Å²) in [6.45, 7) is 1.34. The van der Waals surface area contributed by atoms with Crippen molar-refractivity contribution in [1.82, 2.24) is 20.4 Å². The molecule has 0 radical (unpaired) electrons. The lowest BCUT2D eigenvalue weighted by molar-refractivity contribution is -0.139. The minimum atomic E-state index is -1.18. The first-order chi connectivity index (χ1) is 9.52. The Hall–Kier alpha value is -2.03. The van der Waals surface area contributed by atoms with E-state index >= 15 is 0 Å². The van der Waals surface area contributed by atoms with Crippen LogP contribution in [0, 0.1) is 0 Å². The number of fused-ring (bicyclic) bond motifs is 1. The van der Waals surface area contributed by atoms with Crippen molar-refractivity contribution in [3.63, 3.8) is 0 Å². The zero-order valence-corrected chi connectivity index (χ0v) is 10.9. The monoisotopic (exact) mass is 286 g/mol. The number of urea groups is 2. The molecular formula is C11H18N4O5. The van der Waals surface area contributed by atoms with Crippen LogP contribution in [0.3, 0.4) is 0 Å². The summed E-state index contributed by atoms with van der Waals surface area (Å²) in [5.41, 5.74) is 0. The second kappa shape index (κ2) is 5.95. The van der Waals surface area contributed by atoms with E-state index in [1.54, 1.807) is 4.90 Å². The number of aliphatic carboxylic acids is 1. The highest BCUT2D eigenvalue weighted by atomic mass is 16.4. The fourth-order valence-electron chi connectivity index (χ4n) is 2.42. The zero-order chi connectivity index (χ0) is 14.7. The van der Waals surface area contributed by atoms with Crippen molar-refractivity contribution in [1.29, 1.82) is 0 Å². The Bertz CT molecular complexity index is 416. The van der Waals surface area contributed by atoms with E-state index in [4.69, 9.17) is 10.2 Å². The molecule has 0 saturated carbocycles. The van der Waals surface area contributed by atoms with Gasteiger partial charge in [-0.15, -0.1) is 0 Å². The van der Waals surface area contributed by atoms with Crippen LogP contribution >= 0.6 is 0 Å². The molecule has 0 aromatic rings. The van der Waals surface area contributed by atoms with Crippen molar-refractivity contribution in [2.24, 2.45) is 0 Å². The molecule has 20 heavy (non-hydrogen) atoms. The fraction of sp³-hybridized carbons (Fsp3) is 0.727. The minimum Gasteiger partial charge on any atom is -0.480 e. The number of hydrogen-bond donors (Lipinski definition) is 4. The Morgan fingerprint density at radius 2 is 2.20 bits per heavy atom. The molecule has 2 unspecified atom stereocenters. The van der Waals surface area contributed by atoms with Crippen LogP contribution in [-0.2, 0) is 4.79 Å². The normalized spacial score (nSPS) is 23.1. The van der Waals surface area contributed by atoms with E-state index in [2.05, 4.69) is 10.6 Å². The average molecular weight is 286 g/mol. The third-order valence-corrected chi connectivity index (χ3v) is 3.53. The highest BCUT2D eigenvalue weighted by molar-refractivity contribution is 5.83. The van der Waals surface area contributed by atoms with E-state index in [0.29, 0.717) is 26.2 Å². The van der Waals surface area contributed by atoms with Crippen molar-refractivity contribution in [2.75, 3.05) is 32.8 Å². The predicted octanol–water partition coefficient (Wildman–Crippen LogP) is -1.76. The van der Waals surface area contributed by atoms with Crippen LogP contribution in [0.15, 0.2) is 0 Å². The number of carboxylic acid groups (broad SMARTS) is 1. The number of carboxylic acids is 1. The largest absolute Gasteiger partial charge is 0.480 e. The van der Waals surface area contributed by atoms with Crippen LogP contribution in [0.25, 0.3) is 0 Å². The van der Waals surface area contributed by atoms with E-state index in [1.807, 2.05) is 0 Å². The van der Waals surface area contributed by atoms with Gasteiger partial charge in [-0.1, -0.05) is 0 Å². The summed E-state index contributed by atoms with van der Waals surface area (Å²) in [5.74, 6) is -1.18. The molecule has 0 bridgehead atoms. The van der Waals surface area contributed by atoms with Gasteiger partial charge in [0.2, 0.25) is 0 Å². The van der Waals surface area contributed by atoms with Crippen LogP contribution in [0.5, 0.6) is 0 Å². The SMILES string of the molecule is O=C(O)C(CCO)NC(=O)N1CCN2C(=O)NCC2C1. The lowest BCUT2D eigenvalue weighted by Gasteiger charge is -2.36. The third kappa shape index (κ3) is 2.93. The summed E-state index contributed by atoms with van der Waals surface area (Å²) < 4.78 is 0. The quantitative estimate of drug-likeness (QED) is 0.488. The van der Waals surface area contributed by atoms with Crippen LogP contribution in [0.1, 0.15) is 6.42 Å². The summed E-state index contributed by atoms with van der Waals surface area (Å²) in [6, 6.07) is -1.78. The highest BCUT2D eigenvalue weighted by Gasteiger charge is 2.37. The number of piperazine rings is 1. The molecule has 2 heterocycles. The molecule has 0 aromatic heterocycles. The first-order valence-corrected chi connectivity index (χ1v) is 6.46. The number of aliphatic hydroxyl groups excluding tert-OH is 1. The number of hydrogen-bond acceptors (Lipinski definition) is 4. The molecule has 2 rings (SSSR count). The van der Waals surface area contributed by atoms with Crippen LogP contribution in [-0.4, -0.2) is 82.9 Å². The lowest BCUT2D eigenvalue weighted by Crippen LogP contribution is -2.57. The summed E-state index contributed by atoms with van der Waals surface area (Å²) in [7, 11) is 0. The molecule has 0 aromatic carbocycles. The molecular weight excluding hydrogens is 268 g/mol. The number of carbonyl (C=O) groups excluding carboxylic acids is 2. The van der Waals surface area contributed by atoms with Gasteiger partial charge in [-0.25, -0.2) is 14.4 Å². The van der Waals surface area contributed by atoms with E-state index < -0.39 is 18.0 Å². The Balaban J connectivity index is 1.90. The Kier molecular flexibility index (Phi) is 4.28. The molecule has 4 N–H and O–H groups in total. The Morgan fingerprint density at radius 1 is 1.45 bits per heavy atom. The van der Waals surface area contributed by atoms with Gasteiger partial charge < -0.3 is 30.6 Å². The maximum Gasteiger partial charge on any atom is 0.326 e. The molecule has 4 amide bonds. The number of carbonyl (C=O) groups is 3. The van der Waals surface area contributed by atoms with Gasteiger partial charge >= 0.3 is 18.0 Å². The van der Waals surface area contributed by atoms with E-state index in [0.717, 1.165) is 0 Å². The number of aliphatic hydroxyl groups is 1. The van der Waals surface area contributed by atoms with Gasteiger partial charge in [0.1, 0.15) is 6.04 Å². The van der Waals surface area contributed by atoms with Crippen LogP contribution in [0.4, 0.5) is 9.59 Å². The molecule has 0 spiro atoms. The van der Waals surface area contributed by atoms with Crippen molar-refractivity contribution >= 4 is 18.0 Å². The zero-order valence-electron chi connectivity index (χ0n) is 10.9. The molecule has 9 heteroatoms. The average Bonchev–Trinajstić information content (AvgIpc) is 2.79. The van der Waals surface area contributed by atoms with Crippen LogP contribution < -0.4 is 10.6 Å². The molecule has 2 atom stereocenters. The van der Waals surface area contributed by atoms with Crippen molar-refractivity contribution in [3.8, 4) is 0 Å². The predicted molar refractivity (Wildman–Crippen MR) is 67.1 cm³/mol. The van der Waals surface area contributed by atoms with Crippen molar-refractivity contribution < 1.29 is 24.6 Å². The van der Waals surface area contributed by atoms with Gasteiger partial charge in [0.15, 0.2) is 0 Å². The number of rotatable bonds is 4. The first kappa shape index (κ1) is 14.4. The number of nitrogens with one attached hydrogen (secondary N) is 2. The number of amides is 4. The van der Waals surface area contributed by atoms with Crippen molar-refractivity contribution in [2.45, 2.75) is 18.5 Å². The lowest BCUT2D eigenvalue weighted by atomic mass is 10.2. The second-order valence-corrected chi connectivity index (χ2v) is 4.83. The van der Waals surface area contributed by atoms with Crippen LogP contribution in [0.2, 0.25) is 0 Å². The standard InChI is InChI=1S/C11H18N4O5/c16-4-1-8(9(17)18)13-11(20)14-2-3-15-7(6-14)5-12-10(15)19/h7-8,16H,1-6H2,(H,12,19)(H,13,20)(H,17,18). The molecule has 2 fully saturated rings. The molecule has 2 saturated heterocycles. The Labute approximate surface area is 115 Å². The van der Waals surface area contributed by atoms with E-state index in [-0.39, 0.29) is 25.1 Å². The van der Waals surface area contributed by atoms with Gasteiger partial charge in [-0.05, 0) is 0 Å². The summed E-state index contributed by atoms with van der Waals surface area (Å²) >= 11 is 0. The van der Waals surface area contributed by atoms with E-state index in [1.165, 1.54) is 4.90 Å². The minimum absolute atomic E-state index is 0.0372. The summed E-state index contributed by atoms with van der Waals surface area (Å²) in [5, 5.41) is 22.8. The fourth-order valence-corrected chi connectivity index (χ4v) is 2.42. The van der Waals surface area contributed by atoms with Gasteiger partial charge in [-0.2, -0.15) is 0 Å². The molecule has 112 valence electrons. The maximum atomic E-state index is 12.0. The smallest absolute Gasteiger partial charge is 0.326 e. The molecule has 0 aliphatic carbocycles. The van der Waals surface area contributed by atoms with Gasteiger partial charge in [0.25, 0.3) is 0 Å². The summed E-state index contributed by atoms with van der Waals surface area (Å²) in [4.78, 5) is 37.5. The second-order valence-electron chi connectivity index (χ2n) is 4.83. The summed E-state index contributed by atoms with van der Waals surface area (Å²) in [6.07, 6.45) is -0.0372. The van der Waals surface area contributed by atoms with Gasteiger partial charge in [0.05, 0.1) is 6.04 Å². The van der Waals surface area contributed by atoms with E-state index in [9.17, 15) is 14.4 Å². The van der Waals surface area contributed by atoms with Crippen molar-refractivity contribution in [3.05, 3.63) is 0 Å². The highest BCUT2D eigenvalue weighted by Crippen LogP contribution is 2.14. The number of nitrogens with zero attached hydrogens (tertiary/aromatic N) is 2. The maximum absolute atomic E-state index is 12.0. The topological polar surface area (TPSA) is 122 Å². The molecule has 2 aliphatic heterocycles. The Morgan fingerprint density at radius 3 is 2.85 bits per heavy atom. The third-order valence-electron chi connectivity index (χ3n) is 3.53. The molecule has 2 aliphatic rings. The van der Waals surface area contributed by atoms with Gasteiger partial charge in [0, 0.05) is 39.2 Å². The van der Waals surface area contributed by atoms with Gasteiger partial charge in [-0.3, -0.25) is 0 Å².